The van der Waals surface area contributed by atoms with Gasteiger partial charge in [0.25, 0.3) is 0 Å². The Labute approximate surface area is 57.0 Å². The van der Waals surface area contributed by atoms with Crippen LogP contribution in [-0.4, -0.2) is 5.71 Å². The van der Waals surface area contributed by atoms with Crippen LogP contribution in [0.1, 0.15) is 39.0 Å². The molecule has 0 unspecified atom stereocenters. The zero-order valence-electron chi connectivity index (χ0n) is 6.11. The number of hydrogen-bond donors (Lipinski definition) is 1. The molecule has 0 aromatic carbocycles. The van der Waals surface area contributed by atoms with Crippen molar-refractivity contribution in [3.8, 4) is 0 Å². The van der Waals surface area contributed by atoms with E-state index in [0.717, 1.165) is 18.1 Å². The van der Waals surface area contributed by atoms with Crippen LogP contribution >= 0.6 is 0 Å². The Morgan fingerprint density at radius 2 is 2.22 bits per heavy atom. The van der Waals surface area contributed by atoms with Crippen LogP contribution in [0.3, 0.4) is 0 Å². The molecule has 1 nitrogen and oxygen atoms in total. The lowest BCUT2D eigenvalue weighted by atomic mass is 9.82. The van der Waals surface area contributed by atoms with Crippen LogP contribution in [0, 0.1) is 11.3 Å². The molecular weight excluding hydrogens is 110 g/mol. The smallest absolute Gasteiger partial charge is 0.00583 e. The van der Waals surface area contributed by atoms with Crippen LogP contribution in [0.2, 0.25) is 0 Å². The minimum Gasteiger partial charge on any atom is -0.310 e. The molecule has 1 aliphatic rings. The predicted octanol–water partition coefficient (Wildman–Crippen LogP) is 2.61. The summed E-state index contributed by atoms with van der Waals surface area (Å²) in [5.41, 5.74) is 0.849. The highest BCUT2D eigenvalue weighted by molar-refractivity contribution is 5.78. The second-order valence-electron chi connectivity index (χ2n) is 3.12. The predicted molar refractivity (Wildman–Crippen MR) is 40.0 cm³/mol. The summed E-state index contributed by atoms with van der Waals surface area (Å²) in [6.07, 6.45) is 6.59. The molecule has 0 aromatic rings. The maximum Gasteiger partial charge on any atom is 0.00583 e. The summed E-state index contributed by atoms with van der Waals surface area (Å²) in [6, 6.07) is 0. The Morgan fingerprint density at radius 3 is 2.56 bits per heavy atom. The molecule has 1 heteroatoms. The van der Waals surface area contributed by atoms with Gasteiger partial charge in [-0.15, -0.1) is 0 Å². The number of rotatable bonds is 3. The van der Waals surface area contributed by atoms with Crippen LogP contribution in [-0.2, 0) is 0 Å². The fourth-order valence-electron chi connectivity index (χ4n) is 1.20. The summed E-state index contributed by atoms with van der Waals surface area (Å²) in [5.74, 6) is 0.977. The van der Waals surface area contributed by atoms with Gasteiger partial charge in [0.05, 0.1) is 0 Å². The second kappa shape index (κ2) is 3.00. The first-order chi connectivity index (χ1) is 4.29. The van der Waals surface area contributed by atoms with E-state index in [1.54, 1.807) is 0 Å². The fourth-order valence-corrected chi connectivity index (χ4v) is 1.20. The zero-order chi connectivity index (χ0) is 6.69. The monoisotopic (exact) mass is 125 g/mol. The van der Waals surface area contributed by atoms with Gasteiger partial charge in [-0.1, -0.05) is 19.3 Å². The summed E-state index contributed by atoms with van der Waals surface area (Å²) in [6.45, 7) is 1.90. The first kappa shape index (κ1) is 6.79. The van der Waals surface area contributed by atoms with Crippen molar-refractivity contribution in [3.05, 3.63) is 0 Å². The van der Waals surface area contributed by atoms with E-state index in [-0.39, 0.29) is 0 Å². The summed E-state index contributed by atoms with van der Waals surface area (Å²) in [4.78, 5) is 0. The van der Waals surface area contributed by atoms with Gasteiger partial charge in [0.15, 0.2) is 0 Å². The normalized spacial score (nSPS) is 19.2. The maximum absolute atomic E-state index is 7.19. The van der Waals surface area contributed by atoms with Crippen LogP contribution in [0.5, 0.6) is 0 Å². The van der Waals surface area contributed by atoms with E-state index < -0.39 is 0 Å². The molecule has 1 saturated carbocycles. The molecule has 0 aromatic heterocycles. The zero-order valence-corrected chi connectivity index (χ0v) is 6.11. The van der Waals surface area contributed by atoms with Crippen molar-refractivity contribution in [3.63, 3.8) is 0 Å². The van der Waals surface area contributed by atoms with Crippen molar-refractivity contribution in [2.45, 2.75) is 39.0 Å². The van der Waals surface area contributed by atoms with Crippen LogP contribution in [0.15, 0.2) is 0 Å². The van der Waals surface area contributed by atoms with Crippen LogP contribution < -0.4 is 0 Å². The Hall–Kier alpha value is -0.330. The Bertz CT molecular complexity index is 103. The van der Waals surface area contributed by atoms with Gasteiger partial charge in [-0.25, -0.2) is 0 Å². The van der Waals surface area contributed by atoms with E-state index in [1.807, 2.05) is 6.92 Å². The molecule has 52 valence electrons. The molecule has 0 heterocycles. The van der Waals surface area contributed by atoms with E-state index in [9.17, 15) is 0 Å². The van der Waals surface area contributed by atoms with Crippen molar-refractivity contribution in [1.29, 1.82) is 5.41 Å². The molecule has 1 aliphatic carbocycles. The van der Waals surface area contributed by atoms with Crippen LogP contribution in [0.4, 0.5) is 0 Å². The van der Waals surface area contributed by atoms with Gasteiger partial charge in [-0.05, 0) is 25.7 Å². The van der Waals surface area contributed by atoms with Crippen molar-refractivity contribution in [2.75, 3.05) is 0 Å². The Kier molecular flexibility index (Phi) is 2.26. The van der Waals surface area contributed by atoms with Crippen LogP contribution in [0.25, 0.3) is 0 Å². The molecule has 1 N–H and O–H groups in total. The third-order valence-electron chi connectivity index (χ3n) is 2.15. The van der Waals surface area contributed by atoms with Crippen molar-refractivity contribution in [2.24, 2.45) is 5.92 Å². The van der Waals surface area contributed by atoms with Gasteiger partial charge in [0.1, 0.15) is 0 Å². The molecular formula is C8H15N. The van der Waals surface area contributed by atoms with E-state index >= 15 is 0 Å². The average molecular weight is 125 g/mol. The quantitative estimate of drug-likeness (QED) is 0.561. The first-order valence-corrected chi connectivity index (χ1v) is 3.83. The van der Waals surface area contributed by atoms with Gasteiger partial charge in [0, 0.05) is 5.71 Å². The van der Waals surface area contributed by atoms with Gasteiger partial charge in [-0.2, -0.15) is 0 Å². The van der Waals surface area contributed by atoms with E-state index in [4.69, 9.17) is 5.41 Å². The lowest BCUT2D eigenvalue weighted by Crippen LogP contribution is -2.11. The minimum atomic E-state index is 0.849. The van der Waals surface area contributed by atoms with E-state index in [2.05, 4.69) is 0 Å². The third kappa shape index (κ3) is 2.17. The molecule has 1 rings (SSSR count). The molecule has 0 radical (unpaired) electrons. The highest BCUT2D eigenvalue weighted by atomic mass is 14.4. The average Bonchev–Trinajstić information content (AvgIpc) is 1.60. The lowest BCUT2D eigenvalue weighted by Gasteiger charge is -2.24. The molecule has 0 atom stereocenters. The molecule has 0 amide bonds. The van der Waals surface area contributed by atoms with Gasteiger partial charge in [0.2, 0.25) is 0 Å². The van der Waals surface area contributed by atoms with Gasteiger partial charge in [-0.3, -0.25) is 0 Å². The summed E-state index contributed by atoms with van der Waals surface area (Å²) in [5, 5.41) is 7.19. The molecule has 0 spiro atoms. The SMILES string of the molecule is CC(=N)CCC1CCC1. The van der Waals surface area contributed by atoms with Crippen molar-refractivity contribution < 1.29 is 0 Å². The van der Waals surface area contributed by atoms with Crippen molar-refractivity contribution >= 4 is 5.71 Å². The summed E-state index contributed by atoms with van der Waals surface area (Å²) >= 11 is 0. The van der Waals surface area contributed by atoms with Crippen molar-refractivity contribution in [1.82, 2.24) is 0 Å². The number of nitrogens with one attached hydrogen (secondary N) is 1. The topological polar surface area (TPSA) is 23.9 Å². The fraction of sp³-hybridized carbons (Fsp3) is 0.875. The lowest BCUT2D eigenvalue weighted by molar-refractivity contribution is 0.300. The van der Waals surface area contributed by atoms with Gasteiger partial charge < -0.3 is 5.41 Å². The third-order valence-corrected chi connectivity index (χ3v) is 2.15. The summed E-state index contributed by atoms with van der Waals surface area (Å²) < 4.78 is 0. The van der Waals surface area contributed by atoms with E-state index in [1.165, 1.54) is 25.7 Å². The minimum absolute atomic E-state index is 0.849. The highest BCUT2D eigenvalue weighted by Gasteiger charge is 2.16. The summed E-state index contributed by atoms with van der Waals surface area (Å²) in [7, 11) is 0. The largest absolute Gasteiger partial charge is 0.310 e. The Balaban J connectivity index is 1.97. The Morgan fingerprint density at radius 1 is 1.56 bits per heavy atom. The molecule has 0 aliphatic heterocycles. The standard InChI is InChI=1S/C8H15N/c1-7(9)5-6-8-3-2-4-8/h8-9H,2-6H2,1H3. The molecule has 9 heavy (non-hydrogen) atoms. The first-order valence-electron chi connectivity index (χ1n) is 3.83. The number of hydrogen-bond acceptors (Lipinski definition) is 1. The molecule has 0 bridgehead atoms. The van der Waals surface area contributed by atoms with E-state index in [0.29, 0.717) is 0 Å². The second-order valence-corrected chi connectivity index (χ2v) is 3.12. The highest BCUT2D eigenvalue weighted by Crippen LogP contribution is 2.30. The van der Waals surface area contributed by atoms with Gasteiger partial charge >= 0.3 is 0 Å². The maximum atomic E-state index is 7.19. The molecule has 1 fully saturated rings. The molecule has 0 saturated heterocycles.